The summed E-state index contributed by atoms with van der Waals surface area (Å²) < 4.78 is 21.1. The molecule has 0 N–H and O–H groups in total. The van der Waals surface area contributed by atoms with E-state index in [9.17, 15) is 9.65 Å². The van der Waals surface area contributed by atoms with Gasteiger partial charge in [0.05, 0.1) is 18.2 Å². The fourth-order valence-electron chi connectivity index (χ4n) is 3.33. The predicted molar refractivity (Wildman–Crippen MR) is 96.3 cm³/mol. The van der Waals surface area contributed by atoms with Gasteiger partial charge >= 0.3 is 0 Å². The summed E-state index contributed by atoms with van der Waals surface area (Å²) >= 11 is 0. The summed E-state index contributed by atoms with van der Waals surface area (Å²) in [6.07, 6.45) is 2.01. The summed E-state index contributed by atoms with van der Waals surface area (Å²) in [5, 5.41) is 11.1. The minimum Gasteiger partial charge on any atom is -0.497 e. The molecule has 0 bridgehead atoms. The molecule has 2 aromatic heterocycles. The third-order valence-electron chi connectivity index (χ3n) is 4.54. The first-order chi connectivity index (χ1) is 12.1. The molecular weight excluding hydrogens is 315 g/mol. The topological polar surface area (TPSA) is 37.4 Å². The Morgan fingerprint density at radius 1 is 1.04 bits per heavy atom. The van der Waals surface area contributed by atoms with Crippen molar-refractivity contribution in [1.82, 2.24) is 4.40 Å². The molecule has 0 radical (unpaired) electrons. The lowest BCUT2D eigenvalue weighted by molar-refractivity contribution is 0.415. The van der Waals surface area contributed by atoms with Crippen LogP contribution in [-0.4, -0.2) is 11.5 Å². The number of nitriles is 1. The van der Waals surface area contributed by atoms with Gasteiger partial charge in [0.1, 0.15) is 17.6 Å². The summed E-state index contributed by atoms with van der Waals surface area (Å²) in [6.45, 7) is 1.94. The summed E-state index contributed by atoms with van der Waals surface area (Å²) in [6, 6.07) is 16.5. The van der Waals surface area contributed by atoms with Gasteiger partial charge in [-0.15, -0.1) is 0 Å². The van der Waals surface area contributed by atoms with E-state index in [1.807, 2.05) is 47.9 Å². The number of halogens is 1. The molecule has 0 aliphatic rings. The molecule has 0 spiro atoms. The number of methoxy groups -OCH3 is 1. The van der Waals surface area contributed by atoms with Crippen LogP contribution in [0, 0.1) is 24.1 Å². The molecule has 4 heteroatoms. The molecule has 2 aromatic carbocycles. The number of pyridine rings is 1. The summed E-state index contributed by atoms with van der Waals surface area (Å²) in [5.41, 5.74) is 4.22. The van der Waals surface area contributed by atoms with Crippen molar-refractivity contribution < 1.29 is 9.13 Å². The number of ether oxygens (including phenoxy) is 1. The van der Waals surface area contributed by atoms with E-state index in [1.165, 1.54) is 12.1 Å². The fraction of sp³-hybridized carbons (Fsp3) is 0.0952. The average molecular weight is 330 g/mol. The first-order valence-electron chi connectivity index (χ1n) is 7.91. The second kappa shape index (κ2) is 5.64. The van der Waals surface area contributed by atoms with Gasteiger partial charge in [0.25, 0.3) is 0 Å². The van der Waals surface area contributed by atoms with Gasteiger partial charge < -0.3 is 9.14 Å². The molecule has 0 atom stereocenters. The zero-order chi connectivity index (χ0) is 17.6. The third kappa shape index (κ3) is 2.33. The van der Waals surface area contributed by atoms with Crippen molar-refractivity contribution >= 4 is 16.3 Å². The number of benzene rings is 2. The van der Waals surface area contributed by atoms with Crippen LogP contribution in [0.5, 0.6) is 5.75 Å². The van der Waals surface area contributed by atoms with Crippen LogP contribution >= 0.6 is 0 Å². The van der Waals surface area contributed by atoms with Gasteiger partial charge in [-0.05, 0) is 48.2 Å². The van der Waals surface area contributed by atoms with Crippen molar-refractivity contribution in [3.63, 3.8) is 0 Å². The van der Waals surface area contributed by atoms with E-state index in [4.69, 9.17) is 4.74 Å². The van der Waals surface area contributed by atoms with Crippen molar-refractivity contribution in [3.05, 3.63) is 71.8 Å². The van der Waals surface area contributed by atoms with E-state index < -0.39 is 0 Å². The minimum absolute atomic E-state index is 0.316. The van der Waals surface area contributed by atoms with Crippen LogP contribution in [0.25, 0.3) is 27.4 Å². The van der Waals surface area contributed by atoms with E-state index in [1.54, 1.807) is 13.2 Å². The molecule has 122 valence electrons. The van der Waals surface area contributed by atoms with Crippen LogP contribution in [0.3, 0.4) is 0 Å². The lowest BCUT2D eigenvalue weighted by Crippen LogP contribution is -1.93. The SMILES string of the molecule is COc1ccc(-c2cn3c(C)cc(C#N)c3c3cc(F)ccc23)cc1. The maximum absolute atomic E-state index is 13.9. The van der Waals surface area contributed by atoms with E-state index >= 15 is 0 Å². The summed E-state index contributed by atoms with van der Waals surface area (Å²) in [5.74, 6) is 0.466. The van der Waals surface area contributed by atoms with Crippen LogP contribution in [0.1, 0.15) is 11.3 Å². The molecular formula is C21H15FN2O. The Kier molecular flexibility index (Phi) is 3.43. The highest BCUT2D eigenvalue weighted by Crippen LogP contribution is 2.35. The molecule has 0 unspecified atom stereocenters. The zero-order valence-electron chi connectivity index (χ0n) is 13.9. The quantitative estimate of drug-likeness (QED) is 0.513. The number of fused-ring (bicyclic) bond motifs is 3. The smallest absolute Gasteiger partial charge is 0.123 e. The Labute approximate surface area is 144 Å². The number of nitrogens with zero attached hydrogens (tertiary/aromatic N) is 2. The van der Waals surface area contributed by atoms with Gasteiger partial charge in [0, 0.05) is 22.8 Å². The molecule has 0 aliphatic carbocycles. The fourth-order valence-corrected chi connectivity index (χ4v) is 3.33. The lowest BCUT2D eigenvalue weighted by Gasteiger charge is -2.12. The highest BCUT2D eigenvalue weighted by Gasteiger charge is 2.15. The highest BCUT2D eigenvalue weighted by molar-refractivity contribution is 6.06. The van der Waals surface area contributed by atoms with Crippen LogP contribution in [0.2, 0.25) is 0 Å². The Balaban J connectivity index is 2.13. The highest BCUT2D eigenvalue weighted by atomic mass is 19.1. The van der Waals surface area contributed by atoms with Crippen molar-refractivity contribution in [3.8, 4) is 22.9 Å². The largest absolute Gasteiger partial charge is 0.497 e. The molecule has 4 aromatic rings. The average Bonchev–Trinajstić information content (AvgIpc) is 2.97. The second-order valence-corrected chi connectivity index (χ2v) is 5.99. The van der Waals surface area contributed by atoms with Crippen molar-refractivity contribution in [2.24, 2.45) is 0 Å². The van der Waals surface area contributed by atoms with Gasteiger partial charge in [-0.3, -0.25) is 0 Å². The Morgan fingerprint density at radius 2 is 1.80 bits per heavy atom. The molecule has 2 heterocycles. The van der Waals surface area contributed by atoms with Crippen LogP contribution in [0.15, 0.2) is 54.7 Å². The molecule has 0 aliphatic heterocycles. The second-order valence-electron chi connectivity index (χ2n) is 5.99. The van der Waals surface area contributed by atoms with Gasteiger partial charge in [0.2, 0.25) is 0 Å². The molecule has 0 saturated carbocycles. The first kappa shape index (κ1) is 15.2. The normalized spacial score (nSPS) is 11.0. The minimum atomic E-state index is -0.316. The van der Waals surface area contributed by atoms with Gasteiger partial charge in [-0.2, -0.15) is 5.26 Å². The third-order valence-corrected chi connectivity index (χ3v) is 4.54. The number of rotatable bonds is 2. The predicted octanol–water partition coefficient (Wildman–Crippen LogP) is 5.09. The molecule has 25 heavy (non-hydrogen) atoms. The van der Waals surface area contributed by atoms with Gasteiger partial charge in [-0.1, -0.05) is 18.2 Å². The first-order valence-corrected chi connectivity index (χ1v) is 7.91. The number of aromatic nitrogens is 1. The van der Waals surface area contributed by atoms with Crippen molar-refractivity contribution in [2.45, 2.75) is 6.92 Å². The van der Waals surface area contributed by atoms with Gasteiger partial charge in [-0.25, -0.2) is 4.39 Å². The van der Waals surface area contributed by atoms with E-state index in [-0.39, 0.29) is 5.82 Å². The number of aryl methyl sites for hydroxylation is 1. The number of hydrogen-bond donors (Lipinski definition) is 0. The Hall–Kier alpha value is -3.32. The van der Waals surface area contributed by atoms with Crippen LogP contribution in [0.4, 0.5) is 4.39 Å². The van der Waals surface area contributed by atoms with Crippen LogP contribution in [-0.2, 0) is 0 Å². The molecule has 0 fully saturated rings. The Morgan fingerprint density at radius 3 is 2.48 bits per heavy atom. The van der Waals surface area contributed by atoms with E-state index in [0.717, 1.165) is 38.9 Å². The maximum Gasteiger partial charge on any atom is 0.123 e. The number of hydrogen-bond acceptors (Lipinski definition) is 2. The maximum atomic E-state index is 13.9. The molecule has 0 saturated heterocycles. The van der Waals surface area contributed by atoms with E-state index in [2.05, 4.69) is 6.07 Å². The van der Waals surface area contributed by atoms with Gasteiger partial charge in [0.15, 0.2) is 0 Å². The van der Waals surface area contributed by atoms with Crippen molar-refractivity contribution in [2.75, 3.05) is 7.11 Å². The molecule has 3 nitrogen and oxygen atoms in total. The summed E-state index contributed by atoms with van der Waals surface area (Å²) in [4.78, 5) is 0. The Bertz CT molecular complexity index is 1150. The summed E-state index contributed by atoms with van der Waals surface area (Å²) in [7, 11) is 1.63. The zero-order valence-corrected chi connectivity index (χ0v) is 13.9. The lowest BCUT2D eigenvalue weighted by atomic mass is 9.99. The molecule has 4 rings (SSSR count). The standard InChI is InChI=1S/C21H15FN2O/c1-13-9-15(11-23)21-19-10-16(22)5-8-18(19)20(12-24(13)21)14-3-6-17(25-2)7-4-14/h3-10,12H,1-2H3. The monoisotopic (exact) mass is 330 g/mol. The van der Waals surface area contributed by atoms with E-state index in [0.29, 0.717) is 5.56 Å². The van der Waals surface area contributed by atoms with Crippen molar-refractivity contribution in [1.29, 1.82) is 5.26 Å². The van der Waals surface area contributed by atoms with Crippen LogP contribution < -0.4 is 4.74 Å². The molecule has 0 amide bonds.